The average Bonchev–Trinajstić information content (AvgIpc) is 3.16. The number of nitrogens with zero attached hydrogens (tertiary/aromatic N) is 3. The van der Waals surface area contributed by atoms with Gasteiger partial charge in [-0.2, -0.15) is 4.98 Å². The van der Waals surface area contributed by atoms with E-state index in [1.807, 2.05) is 26.0 Å². The summed E-state index contributed by atoms with van der Waals surface area (Å²) in [5.74, 6) is 1.14. The van der Waals surface area contributed by atoms with E-state index >= 15 is 0 Å². The van der Waals surface area contributed by atoms with E-state index in [9.17, 15) is 4.79 Å². The maximum absolute atomic E-state index is 13.3. The van der Waals surface area contributed by atoms with Gasteiger partial charge in [0.25, 0.3) is 5.91 Å². The molecular weight excluding hydrogens is 425 g/mol. The molecule has 3 aromatic rings. The monoisotopic (exact) mass is 447 g/mol. The summed E-state index contributed by atoms with van der Waals surface area (Å²) in [6.07, 6.45) is 0. The molecule has 0 aliphatic carbocycles. The third-order valence-corrected chi connectivity index (χ3v) is 4.97. The van der Waals surface area contributed by atoms with Gasteiger partial charge in [-0.25, -0.2) is 0 Å². The lowest BCUT2D eigenvalue weighted by Gasteiger charge is -2.34. The van der Waals surface area contributed by atoms with Crippen molar-refractivity contribution in [3.8, 4) is 17.1 Å². The number of halogens is 2. The average molecular weight is 448 g/mol. The molecule has 0 radical (unpaired) electrons. The lowest BCUT2D eigenvalue weighted by molar-refractivity contribution is -0.148. The Bertz CT molecular complexity index is 999. The van der Waals surface area contributed by atoms with Crippen molar-refractivity contribution in [2.24, 2.45) is 0 Å². The van der Waals surface area contributed by atoms with Gasteiger partial charge in [0.05, 0.1) is 0 Å². The van der Waals surface area contributed by atoms with E-state index in [0.717, 1.165) is 5.56 Å². The van der Waals surface area contributed by atoms with E-state index < -0.39 is 5.60 Å². The molecule has 0 saturated carbocycles. The molecule has 0 unspecified atom stereocenters. The van der Waals surface area contributed by atoms with Crippen LogP contribution in [-0.2, 0) is 11.3 Å². The highest BCUT2D eigenvalue weighted by Crippen LogP contribution is 2.24. The maximum atomic E-state index is 13.3. The predicted molar refractivity (Wildman–Crippen MR) is 117 cm³/mol. The number of ether oxygens (including phenoxy) is 1. The van der Waals surface area contributed by atoms with Crippen molar-refractivity contribution in [1.29, 1.82) is 0 Å². The van der Waals surface area contributed by atoms with E-state index in [1.165, 1.54) is 0 Å². The summed E-state index contributed by atoms with van der Waals surface area (Å²) < 4.78 is 11.3. The van der Waals surface area contributed by atoms with Crippen molar-refractivity contribution >= 4 is 29.1 Å². The first kappa shape index (κ1) is 22.1. The largest absolute Gasteiger partial charge is 0.478 e. The molecule has 1 amide bonds. The Morgan fingerprint density at radius 2 is 1.63 bits per heavy atom. The summed E-state index contributed by atoms with van der Waals surface area (Å²) in [7, 11) is 0. The first-order chi connectivity index (χ1) is 14.2. The van der Waals surface area contributed by atoms with Gasteiger partial charge in [-0.05, 0) is 76.2 Å². The van der Waals surface area contributed by atoms with Gasteiger partial charge in [0.1, 0.15) is 12.3 Å². The quantitative estimate of drug-likeness (QED) is 0.468. The maximum Gasteiger partial charge on any atom is 0.266 e. The van der Waals surface area contributed by atoms with Gasteiger partial charge < -0.3 is 14.2 Å². The van der Waals surface area contributed by atoms with Crippen LogP contribution in [0.1, 0.15) is 33.6 Å². The third kappa shape index (κ3) is 5.32. The molecule has 0 aliphatic heterocycles. The molecule has 0 saturated heterocycles. The van der Waals surface area contributed by atoms with E-state index in [0.29, 0.717) is 27.5 Å². The van der Waals surface area contributed by atoms with E-state index in [1.54, 1.807) is 55.1 Å². The van der Waals surface area contributed by atoms with Crippen LogP contribution in [0.25, 0.3) is 11.4 Å². The van der Waals surface area contributed by atoms with Gasteiger partial charge in [0, 0.05) is 21.7 Å². The minimum absolute atomic E-state index is 0.100. The van der Waals surface area contributed by atoms with Crippen LogP contribution in [0.15, 0.2) is 53.1 Å². The Morgan fingerprint density at radius 3 is 2.20 bits per heavy atom. The Labute approximate surface area is 185 Å². The number of hydrogen-bond donors (Lipinski definition) is 0. The molecule has 6 nitrogen and oxygen atoms in total. The molecule has 158 valence electrons. The topological polar surface area (TPSA) is 68.5 Å². The SMILES string of the molecule is CC(C)N(Cc1nc(-c2ccc(Cl)cc2)no1)C(=O)C(C)(C)Oc1ccc(Cl)cc1. The Kier molecular flexibility index (Phi) is 6.68. The van der Waals surface area contributed by atoms with Crippen LogP contribution in [-0.4, -0.2) is 32.6 Å². The number of aromatic nitrogens is 2. The number of rotatable bonds is 7. The number of benzene rings is 2. The van der Waals surface area contributed by atoms with Gasteiger partial charge in [-0.3, -0.25) is 4.79 Å². The summed E-state index contributed by atoms with van der Waals surface area (Å²) >= 11 is 11.8. The number of amides is 1. The van der Waals surface area contributed by atoms with Gasteiger partial charge in [0.2, 0.25) is 11.7 Å². The van der Waals surface area contributed by atoms with Crippen LogP contribution >= 0.6 is 23.2 Å². The van der Waals surface area contributed by atoms with Crippen LogP contribution < -0.4 is 4.74 Å². The highest BCUT2D eigenvalue weighted by molar-refractivity contribution is 6.30. The molecular formula is C22H23Cl2N3O3. The summed E-state index contributed by atoms with van der Waals surface area (Å²) in [4.78, 5) is 19.3. The van der Waals surface area contributed by atoms with Crippen LogP contribution in [0.3, 0.4) is 0 Å². The first-order valence-corrected chi connectivity index (χ1v) is 10.3. The zero-order valence-electron chi connectivity index (χ0n) is 17.2. The lowest BCUT2D eigenvalue weighted by Crippen LogP contribution is -2.51. The molecule has 0 aliphatic rings. The molecule has 30 heavy (non-hydrogen) atoms. The Morgan fingerprint density at radius 1 is 1.07 bits per heavy atom. The second-order valence-corrected chi connectivity index (χ2v) is 8.48. The van der Waals surface area contributed by atoms with Gasteiger partial charge in [-0.1, -0.05) is 28.4 Å². The third-order valence-electron chi connectivity index (χ3n) is 4.46. The number of hydrogen-bond acceptors (Lipinski definition) is 5. The van der Waals surface area contributed by atoms with Crippen molar-refractivity contribution in [2.75, 3.05) is 0 Å². The first-order valence-electron chi connectivity index (χ1n) is 9.50. The highest BCUT2D eigenvalue weighted by atomic mass is 35.5. The van der Waals surface area contributed by atoms with Crippen molar-refractivity contribution in [1.82, 2.24) is 15.0 Å². The van der Waals surface area contributed by atoms with Crippen LogP contribution in [0.5, 0.6) is 5.75 Å². The standard InChI is InChI=1S/C22H23Cl2N3O3/c1-14(2)27(21(28)22(3,4)29-18-11-9-17(24)10-12-18)13-19-25-20(26-30-19)15-5-7-16(23)8-6-15/h5-12,14H,13H2,1-4H3. The molecule has 2 aromatic carbocycles. The normalized spacial score (nSPS) is 11.6. The summed E-state index contributed by atoms with van der Waals surface area (Å²) in [5, 5.41) is 5.24. The van der Waals surface area contributed by atoms with Crippen molar-refractivity contribution < 1.29 is 14.1 Å². The van der Waals surface area contributed by atoms with Crippen LogP contribution in [0, 0.1) is 0 Å². The van der Waals surface area contributed by atoms with Crippen LogP contribution in [0.2, 0.25) is 10.0 Å². The highest BCUT2D eigenvalue weighted by Gasteiger charge is 2.36. The fourth-order valence-corrected chi connectivity index (χ4v) is 3.11. The second-order valence-electron chi connectivity index (χ2n) is 7.61. The number of carbonyl (C=O) groups excluding carboxylic acids is 1. The van der Waals surface area contributed by atoms with Gasteiger partial charge in [0.15, 0.2) is 5.60 Å². The molecule has 0 fully saturated rings. The molecule has 0 spiro atoms. The molecule has 1 heterocycles. The zero-order valence-corrected chi connectivity index (χ0v) is 18.7. The summed E-state index contributed by atoms with van der Waals surface area (Å²) in [5.41, 5.74) is -0.319. The van der Waals surface area contributed by atoms with E-state index in [2.05, 4.69) is 10.1 Å². The van der Waals surface area contributed by atoms with Gasteiger partial charge in [-0.15, -0.1) is 0 Å². The molecule has 1 aromatic heterocycles. The van der Waals surface area contributed by atoms with E-state index in [4.69, 9.17) is 32.5 Å². The molecule has 0 atom stereocenters. The summed E-state index contributed by atoms with van der Waals surface area (Å²) in [6.45, 7) is 7.47. The minimum Gasteiger partial charge on any atom is -0.478 e. The zero-order chi connectivity index (χ0) is 21.9. The smallest absolute Gasteiger partial charge is 0.266 e. The minimum atomic E-state index is -1.10. The number of carbonyl (C=O) groups is 1. The molecule has 8 heteroatoms. The fourth-order valence-electron chi connectivity index (χ4n) is 2.86. The van der Waals surface area contributed by atoms with Crippen LogP contribution in [0.4, 0.5) is 0 Å². The Balaban J connectivity index is 1.75. The Hall–Kier alpha value is -2.57. The van der Waals surface area contributed by atoms with Gasteiger partial charge >= 0.3 is 0 Å². The van der Waals surface area contributed by atoms with Crippen molar-refractivity contribution in [3.63, 3.8) is 0 Å². The van der Waals surface area contributed by atoms with E-state index in [-0.39, 0.29) is 18.5 Å². The summed E-state index contributed by atoms with van der Waals surface area (Å²) in [6, 6.07) is 13.9. The fraction of sp³-hybridized carbons (Fsp3) is 0.318. The van der Waals surface area contributed by atoms with Crippen molar-refractivity contribution in [2.45, 2.75) is 45.9 Å². The molecule has 0 bridgehead atoms. The predicted octanol–water partition coefficient (Wildman–Crippen LogP) is 5.64. The molecule has 3 rings (SSSR count). The second kappa shape index (κ2) is 9.06. The lowest BCUT2D eigenvalue weighted by atomic mass is 10.1. The molecule has 0 N–H and O–H groups in total. The van der Waals surface area contributed by atoms with Crippen molar-refractivity contribution in [3.05, 3.63) is 64.5 Å².